The molecule has 1 aromatic rings. The lowest BCUT2D eigenvalue weighted by atomic mass is 9.80. The first-order valence-electron chi connectivity index (χ1n) is 7.35. The molecule has 19 heavy (non-hydrogen) atoms. The molecule has 0 bridgehead atoms. The molecule has 0 amide bonds. The fourth-order valence-corrected chi connectivity index (χ4v) is 3.46. The van der Waals surface area contributed by atoms with Crippen molar-refractivity contribution in [1.82, 2.24) is 5.32 Å². The Kier molecular flexibility index (Phi) is 3.48. The molecular formula is C16H22FNO. The second-order valence-corrected chi connectivity index (χ2v) is 5.83. The predicted octanol–water partition coefficient (Wildman–Crippen LogP) is 3.60. The Morgan fingerprint density at radius 1 is 1.26 bits per heavy atom. The van der Waals surface area contributed by atoms with Crippen molar-refractivity contribution >= 4 is 0 Å². The van der Waals surface area contributed by atoms with E-state index in [-0.39, 0.29) is 11.4 Å². The molecule has 3 heteroatoms. The number of hydrogen-bond donors (Lipinski definition) is 1. The second-order valence-electron chi connectivity index (χ2n) is 5.83. The Bertz CT molecular complexity index is 448. The minimum absolute atomic E-state index is 0.124. The van der Waals surface area contributed by atoms with E-state index in [2.05, 4.69) is 5.32 Å². The fraction of sp³-hybridized carbons (Fsp3) is 0.625. The molecule has 2 fully saturated rings. The monoisotopic (exact) mass is 263 g/mol. The SMILES string of the molecule is COc1ccc(C2(C3CC3)CCCCCN2)c(F)c1. The first-order valence-corrected chi connectivity index (χ1v) is 7.35. The molecule has 1 heterocycles. The van der Waals surface area contributed by atoms with Gasteiger partial charge in [-0.25, -0.2) is 4.39 Å². The molecule has 1 aliphatic carbocycles. The van der Waals surface area contributed by atoms with Gasteiger partial charge in [-0.2, -0.15) is 0 Å². The van der Waals surface area contributed by atoms with Gasteiger partial charge in [0, 0.05) is 17.2 Å². The van der Waals surface area contributed by atoms with Gasteiger partial charge in [0.25, 0.3) is 0 Å². The molecule has 1 unspecified atom stereocenters. The highest BCUT2D eigenvalue weighted by atomic mass is 19.1. The molecule has 1 saturated heterocycles. The first-order chi connectivity index (χ1) is 9.26. The lowest BCUT2D eigenvalue weighted by Gasteiger charge is -2.35. The van der Waals surface area contributed by atoms with Crippen molar-refractivity contribution < 1.29 is 9.13 Å². The molecular weight excluding hydrogens is 241 g/mol. The Labute approximate surface area is 114 Å². The van der Waals surface area contributed by atoms with Gasteiger partial charge in [-0.3, -0.25) is 0 Å². The molecule has 2 nitrogen and oxygen atoms in total. The lowest BCUT2D eigenvalue weighted by Crippen LogP contribution is -2.44. The maximum Gasteiger partial charge on any atom is 0.131 e. The zero-order valence-corrected chi connectivity index (χ0v) is 11.5. The summed E-state index contributed by atoms with van der Waals surface area (Å²) in [6, 6.07) is 5.33. The normalized spacial score (nSPS) is 27.9. The van der Waals surface area contributed by atoms with Gasteiger partial charge in [0.15, 0.2) is 0 Å². The zero-order chi connectivity index (χ0) is 13.3. The average molecular weight is 263 g/mol. The van der Waals surface area contributed by atoms with Gasteiger partial charge >= 0.3 is 0 Å². The summed E-state index contributed by atoms with van der Waals surface area (Å²) in [6.07, 6.45) is 7.14. The summed E-state index contributed by atoms with van der Waals surface area (Å²) in [5, 5.41) is 3.67. The van der Waals surface area contributed by atoms with Crippen molar-refractivity contribution in [2.24, 2.45) is 5.92 Å². The van der Waals surface area contributed by atoms with E-state index >= 15 is 0 Å². The summed E-state index contributed by atoms with van der Waals surface area (Å²) in [4.78, 5) is 0. The molecule has 1 saturated carbocycles. The van der Waals surface area contributed by atoms with Gasteiger partial charge in [0.05, 0.1) is 7.11 Å². The van der Waals surface area contributed by atoms with Crippen molar-refractivity contribution in [3.63, 3.8) is 0 Å². The van der Waals surface area contributed by atoms with E-state index in [1.807, 2.05) is 12.1 Å². The number of halogens is 1. The first kappa shape index (κ1) is 12.9. The third-order valence-electron chi connectivity index (χ3n) is 4.62. The van der Waals surface area contributed by atoms with Crippen LogP contribution in [0.5, 0.6) is 5.75 Å². The molecule has 1 aliphatic heterocycles. The van der Waals surface area contributed by atoms with Gasteiger partial charge in [0.2, 0.25) is 0 Å². The zero-order valence-electron chi connectivity index (χ0n) is 11.5. The summed E-state index contributed by atoms with van der Waals surface area (Å²) in [5.74, 6) is 1.08. The number of ether oxygens (including phenoxy) is 1. The van der Waals surface area contributed by atoms with E-state index in [1.165, 1.54) is 38.2 Å². The maximum absolute atomic E-state index is 14.5. The van der Waals surface area contributed by atoms with E-state index in [0.29, 0.717) is 11.7 Å². The Hall–Kier alpha value is -1.09. The number of benzene rings is 1. The fourth-order valence-electron chi connectivity index (χ4n) is 3.46. The van der Waals surface area contributed by atoms with Crippen LogP contribution in [-0.2, 0) is 5.54 Å². The van der Waals surface area contributed by atoms with E-state index in [4.69, 9.17) is 4.74 Å². The summed E-state index contributed by atoms with van der Waals surface area (Å²) < 4.78 is 19.6. The van der Waals surface area contributed by atoms with Crippen LogP contribution in [0.3, 0.4) is 0 Å². The molecule has 2 aliphatic rings. The third-order valence-corrected chi connectivity index (χ3v) is 4.62. The van der Waals surface area contributed by atoms with Crippen LogP contribution in [0, 0.1) is 11.7 Å². The summed E-state index contributed by atoms with van der Waals surface area (Å²) in [5.41, 5.74) is 0.713. The maximum atomic E-state index is 14.5. The number of nitrogens with one attached hydrogen (secondary N) is 1. The molecule has 0 aromatic heterocycles. The predicted molar refractivity (Wildman–Crippen MR) is 73.8 cm³/mol. The molecule has 3 rings (SSSR count). The molecule has 104 valence electrons. The molecule has 1 aromatic carbocycles. The van der Waals surface area contributed by atoms with Crippen LogP contribution in [0.4, 0.5) is 4.39 Å². The number of rotatable bonds is 3. The Morgan fingerprint density at radius 3 is 2.79 bits per heavy atom. The highest BCUT2D eigenvalue weighted by Gasteiger charge is 2.47. The summed E-state index contributed by atoms with van der Waals surface area (Å²) in [7, 11) is 1.58. The van der Waals surface area contributed by atoms with E-state index in [1.54, 1.807) is 7.11 Å². The minimum Gasteiger partial charge on any atom is -0.497 e. The summed E-state index contributed by atoms with van der Waals surface area (Å²) >= 11 is 0. The van der Waals surface area contributed by atoms with E-state index in [0.717, 1.165) is 18.5 Å². The van der Waals surface area contributed by atoms with Crippen molar-refractivity contribution in [1.29, 1.82) is 0 Å². The van der Waals surface area contributed by atoms with Crippen LogP contribution in [-0.4, -0.2) is 13.7 Å². The van der Waals surface area contributed by atoms with Gasteiger partial charge in [-0.1, -0.05) is 18.9 Å². The molecule has 1 N–H and O–H groups in total. The van der Waals surface area contributed by atoms with E-state index in [9.17, 15) is 4.39 Å². The van der Waals surface area contributed by atoms with Crippen LogP contribution in [0.25, 0.3) is 0 Å². The molecule has 0 radical (unpaired) electrons. The van der Waals surface area contributed by atoms with Crippen LogP contribution in [0.1, 0.15) is 44.1 Å². The smallest absolute Gasteiger partial charge is 0.131 e. The Balaban J connectivity index is 1.99. The van der Waals surface area contributed by atoms with Crippen LogP contribution < -0.4 is 10.1 Å². The standard InChI is InChI=1S/C16H22FNO/c1-19-13-7-8-14(15(17)11-13)16(12-5-6-12)9-3-2-4-10-18-16/h7-8,11-12,18H,2-6,9-10H2,1H3. The van der Waals surface area contributed by atoms with Crippen molar-refractivity contribution in [3.8, 4) is 5.75 Å². The number of methoxy groups -OCH3 is 1. The highest BCUT2D eigenvalue weighted by Crippen LogP contribution is 2.50. The average Bonchev–Trinajstić information content (AvgIpc) is 3.25. The van der Waals surface area contributed by atoms with Crippen LogP contribution >= 0.6 is 0 Å². The largest absolute Gasteiger partial charge is 0.497 e. The van der Waals surface area contributed by atoms with Gasteiger partial charge in [-0.05, 0) is 44.2 Å². The van der Waals surface area contributed by atoms with E-state index < -0.39 is 0 Å². The van der Waals surface area contributed by atoms with Crippen molar-refractivity contribution in [2.45, 2.75) is 44.1 Å². The second kappa shape index (κ2) is 5.12. The van der Waals surface area contributed by atoms with Crippen LogP contribution in [0.15, 0.2) is 18.2 Å². The van der Waals surface area contributed by atoms with Gasteiger partial charge < -0.3 is 10.1 Å². The van der Waals surface area contributed by atoms with Gasteiger partial charge in [-0.15, -0.1) is 0 Å². The molecule has 0 spiro atoms. The van der Waals surface area contributed by atoms with Crippen molar-refractivity contribution in [2.75, 3.05) is 13.7 Å². The highest BCUT2D eigenvalue weighted by molar-refractivity contribution is 5.35. The van der Waals surface area contributed by atoms with Gasteiger partial charge in [0.1, 0.15) is 11.6 Å². The minimum atomic E-state index is -0.132. The molecule has 1 atom stereocenters. The number of hydrogen-bond acceptors (Lipinski definition) is 2. The Morgan fingerprint density at radius 2 is 2.11 bits per heavy atom. The topological polar surface area (TPSA) is 21.3 Å². The third kappa shape index (κ3) is 2.36. The summed E-state index contributed by atoms with van der Waals surface area (Å²) in [6.45, 7) is 1.00. The lowest BCUT2D eigenvalue weighted by molar-refractivity contribution is 0.268. The quantitative estimate of drug-likeness (QED) is 0.899. The van der Waals surface area contributed by atoms with Crippen molar-refractivity contribution in [3.05, 3.63) is 29.6 Å². The van der Waals surface area contributed by atoms with Crippen LogP contribution in [0.2, 0.25) is 0 Å².